The van der Waals surface area contributed by atoms with Gasteiger partial charge in [0.15, 0.2) is 18.4 Å². The van der Waals surface area contributed by atoms with Gasteiger partial charge in [-0.25, -0.2) is 4.79 Å². The van der Waals surface area contributed by atoms with Crippen molar-refractivity contribution >= 4 is 17.9 Å². The second-order valence-corrected chi connectivity index (χ2v) is 7.30. The van der Waals surface area contributed by atoms with Crippen molar-refractivity contribution in [2.75, 3.05) is 6.61 Å². The van der Waals surface area contributed by atoms with Gasteiger partial charge in [-0.1, -0.05) is 30.3 Å². The minimum absolute atomic E-state index is 0.0315. The molecular formula is C21H23N3O9. The molecule has 1 aromatic carbocycles. The molecule has 1 fully saturated rings. The number of esters is 3. The van der Waals surface area contributed by atoms with Crippen molar-refractivity contribution in [2.24, 2.45) is 0 Å². The average Bonchev–Trinajstić information content (AvgIpc) is 3.06. The Morgan fingerprint density at radius 2 is 1.61 bits per heavy atom. The van der Waals surface area contributed by atoms with E-state index in [0.29, 0.717) is 5.56 Å². The third kappa shape index (κ3) is 5.71. The van der Waals surface area contributed by atoms with Crippen molar-refractivity contribution in [1.82, 2.24) is 14.3 Å². The van der Waals surface area contributed by atoms with E-state index in [1.54, 1.807) is 30.3 Å². The van der Waals surface area contributed by atoms with Gasteiger partial charge in [-0.3, -0.25) is 23.7 Å². The molecule has 4 atom stereocenters. The van der Waals surface area contributed by atoms with Gasteiger partial charge in [-0.2, -0.15) is 9.78 Å². The second-order valence-electron chi connectivity index (χ2n) is 7.30. The first-order valence-electron chi connectivity index (χ1n) is 10.0. The van der Waals surface area contributed by atoms with Crippen molar-refractivity contribution in [3.8, 4) is 0 Å². The van der Waals surface area contributed by atoms with Crippen LogP contribution in [0.15, 0.2) is 46.1 Å². The van der Waals surface area contributed by atoms with E-state index in [1.807, 2.05) is 0 Å². The Kier molecular flexibility index (Phi) is 7.38. The van der Waals surface area contributed by atoms with Crippen molar-refractivity contribution in [3.05, 3.63) is 62.9 Å². The Balaban J connectivity index is 2.02. The van der Waals surface area contributed by atoms with Gasteiger partial charge in [-0.05, 0) is 5.56 Å². The lowest BCUT2D eigenvalue weighted by molar-refractivity contribution is -0.166. The molecule has 0 N–H and O–H groups in total. The van der Waals surface area contributed by atoms with E-state index < -0.39 is 53.7 Å². The molecule has 0 amide bonds. The molecular weight excluding hydrogens is 438 g/mol. The van der Waals surface area contributed by atoms with Crippen LogP contribution in [0, 0.1) is 0 Å². The SMILES string of the molecule is CC(=O)OC[C@@H]1O[C@H](n2ncc(=O)n(Cc3ccccc3)c2=O)[C@H](OC(C)=O)[C@H]1OC(C)=O. The molecule has 12 heteroatoms. The third-order valence-corrected chi connectivity index (χ3v) is 4.75. The van der Waals surface area contributed by atoms with Crippen LogP contribution >= 0.6 is 0 Å². The van der Waals surface area contributed by atoms with Crippen LogP contribution in [0.4, 0.5) is 0 Å². The normalized spacial score (nSPS) is 21.9. The number of aromatic nitrogens is 3. The fraction of sp³-hybridized carbons (Fsp3) is 0.429. The molecule has 2 aromatic rings. The minimum Gasteiger partial charge on any atom is -0.463 e. The van der Waals surface area contributed by atoms with Crippen molar-refractivity contribution < 1.29 is 33.3 Å². The maximum Gasteiger partial charge on any atom is 0.350 e. The maximum absolute atomic E-state index is 13.2. The largest absolute Gasteiger partial charge is 0.463 e. The summed E-state index contributed by atoms with van der Waals surface area (Å²) >= 11 is 0. The van der Waals surface area contributed by atoms with E-state index in [0.717, 1.165) is 29.3 Å². The average molecular weight is 461 g/mol. The lowest BCUT2D eigenvalue weighted by Gasteiger charge is -2.23. The fourth-order valence-electron chi connectivity index (χ4n) is 3.42. The van der Waals surface area contributed by atoms with Gasteiger partial charge in [0.2, 0.25) is 0 Å². The topological polar surface area (TPSA) is 145 Å². The zero-order valence-corrected chi connectivity index (χ0v) is 18.2. The first-order valence-corrected chi connectivity index (χ1v) is 10.0. The van der Waals surface area contributed by atoms with E-state index in [9.17, 15) is 24.0 Å². The number of carbonyl (C=O) groups excluding carboxylic acids is 3. The number of carbonyl (C=O) groups is 3. The summed E-state index contributed by atoms with van der Waals surface area (Å²) in [6.45, 7) is 3.10. The highest BCUT2D eigenvalue weighted by Gasteiger charge is 2.51. The summed E-state index contributed by atoms with van der Waals surface area (Å²) in [4.78, 5) is 60.2. The van der Waals surface area contributed by atoms with Gasteiger partial charge in [-0.15, -0.1) is 0 Å². The minimum atomic E-state index is -1.35. The summed E-state index contributed by atoms with van der Waals surface area (Å²) in [7, 11) is 0. The van der Waals surface area contributed by atoms with Crippen molar-refractivity contribution in [1.29, 1.82) is 0 Å². The molecule has 0 bridgehead atoms. The summed E-state index contributed by atoms with van der Waals surface area (Å²) in [5, 5.41) is 3.87. The predicted octanol–water partition coefficient (Wildman–Crippen LogP) is -0.223. The van der Waals surface area contributed by atoms with Crippen LogP contribution in [0.5, 0.6) is 0 Å². The summed E-state index contributed by atoms with van der Waals surface area (Å²) < 4.78 is 23.1. The molecule has 33 heavy (non-hydrogen) atoms. The smallest absolute Gasteiger partial charge is 0.350 e. The number of rotatable bonds is 7. The van der Waals surface area contributed by atoms with E-state index in [1.165, 1.54) is 6.92 Å². The Bertz CT molecular complexity index is 1140. The molecule has 0 spiro atoms. The molecule has 1 aliphatic heterocycles. The molecule has 0 aliphatic carbocycles. The van der Waals surface area contributed by atoms with Crippen LogP contribution in [0.1, 0.15) is 32.6 Å². The van der Waals surface area contributed by atoms with E-state index in [4.69, 9.17) is 18.9 Å². The molecule has 1 aliphatic rings. The summed E-state index contributed by atoms with van der Waals surface area (Å²) in [5.74, 6) is -2.05. The molecule has 3 rings (SSSR count). The van der Waals surface area contributed by atoms with Crippen molar-refractivity contribution in [3.63, 3.8) is 0 Å². The highest BCUT2D eigenvalue weighted by molar-refractivity contribution is 5.68. The van der Waals surface area contributed by atoms with Crippen LogP contribution in [0.2, 0.25) is 0 Å². The van der Waals surface area contributed by atoms with Crippen LogP contribution in [0.3, 0.4) is 0 Å². The number of benzene rings is 1. The van der Waals surface area contributed by atoms with Gasteiger partial charge < -0.3 is 18.9 Å². The number of hydrogen-bond donors (Lipinski definition) is 0. The monoisotopic (exact) mass is 461 g/mol. The lowest BCUT2D eigenvalue weighted by atomic mass is 10.1. The van der Waals surface area contributed by atoms with Gasteiger partial charge >= 0.3 is 23.6 Å². The van der Waals surface area contributed by atoms with Crippen LogP contribution < -0.4 is 11.2 Å². The standard InChI is InChI=1S/C21H23N3O9/c1-12(25)30-11-16-18(31-13(2)26)19(32-14(3)27)20(33-16)24-21(29)23(17(28)9-22-24)10-15-7-5-4-6-8-15/h4-9,16,18-20H,10-11H2,1-3H3/t16-,18-,19+,20-/m0/s1. The van der Waals surface area contributed by atoms with Crippen LogP contribution in [0.25, 0.3) is 0 Å². The molecule has 1 saturated heterocycles. The Morgan fingerprint density at radius 1 is 0.970 bits per heavy atom. The highest BCUT2D eigenvalue weighted by atomic mass is 16.7. The summed E-state index contributed by atoms with van der Waals surface area (Å²) in [6, 6.07) is 8.82. The maximum atomic E-state index is 13.2. The third-order valence-electron chi connectivity index (χ3n) is 4.75. The van der Waals surface area contributed by atoms with E-state index in [-0.39, 0.29) is 13.2 Å². The first kappa shape index (κ1) is 23.9. The molecule has 12 nitrogen and oxygen atoms in total. The van der Waals surface area contributed by atoms with Crippen LogP contribution in [-0.2, 0) is 39.9 Å². The van der Waals surface area contributed by atoms with Gasteiger partial charge in [0.25, 0.3) is 5.56 Å². The number of ether oxygens (including phenoxy) is 4. The summed E-state index contributed by atoms with van der Waals surface area (Å²) in [6.07, 6.45) is -3.97. The number of hydrogen-bond acceptors (Lipinski definition) is 10. The quantitative estimate of drug-likeness (QED) is 0.401. The van der Waals surface area contributed by atoms with E-state index >= 15 is 0 Å². The first-order chi connectivity index (χ1) is 15.7. The highest BCUT2D eigenvalue weighted by Crippen LogP contribution is 2.33. The molecule has 1 aromatic heterocycles. The Hall–Kier alpha value is -3.80. The molecule has 176 valence electrons. The zero-order chi connectivity index (χ0) is 24.1. The van der Waals surface area contributed by atoms with Gasteiger partial charge in [0.05, 0.1) is 6.54 Å². The van der Waals surface area contributed by atoms with Crippen LogP contribution in [-0.4, -0.2) is 57.2 Å². The molecule has 0 unspecified atom stereocenters. The Morgan fingerprint density at radius 3 is 2.21 bits per heavy atom. The number of nitrogens with zero attached hydrogens (tertiary/aromatic N) is 3. The lowest BCUT2D eigenvalue weighted by Crippen LogP contribution is -2.46. The van der Waals surface area contributed by atoms with Crippen molar-refractivity contribution in [2.45, 2.75) is 51.9 Å². The fourth-order valence-corrected chi connectivity index (χ4v) is 3.42. The van der Waals surface area contributed by atoms with Gasteiger partial charge in [0, 0.05) is 20.8 Å². The molecule has 2 heterocycles. The molecule has 0 saturated carbocycles. The zero-order valence-electron chi connectivity index (χ0n) is 18.2. The van der Waals surface area contributed by atoms with Gasteiger partial charge in [0.1, 0.15) is 18.9 Å². The summed E-state index contributed by atoms with van der Waals surface area (Å²) in [5.41, 5.74) is -0.776. The predicted molar refractivity (Wildman–Crippen MR) is 110 cm³/mol. The Labute approximate surface area is 187 Å². The van der Waals surface area contributed by atoms with E-state index in [2.05, 4.69) is 5.10 Å². The second kappa shape index (κ2) is 10.2. The molecule has 0 radical (unpaired) electrons.